The van der Waals surface area contributed by atoms with Crippen molar-refractivity contribution in [2.24, 2.45) is 5.41 Å². The molecule has 0 aliphatic heterocycles. The zero-order valence-corrected chi connectivity index (χ0v) is 11.8. The summed E-state index contributed by atoms with van der Waals surface area (Å²) in [5.74, 6) is 2.10. The highest BCUT2D eigenvalue weighted by Gasteiger charge is 2.41. The highest BCUT2D eigenvalue weighted by molar-refractivity contribution is 5.63. The molecule has 106 valence electrons. The molecular formula is C13H22N4O2. The maximum absolute atomic E-state index is 5.36. The van der Waals surface area contributed by atoms with Gasteiger partial charge in [-0.2, -0.15) is 0 Å². The van der Waals surface area contributed by atoms with Gasteiger partial charge in [-0.05, 0) is 24.7 Å². The van der Waals surface area contributed by atoms with E-state index in [4.69, 9.17) is 9.47 Å². The molecule has 2 rings (SSSR count). The normalized spacial score (nSPS) is 15.9. The lowest BCUT2D eigenvalue weighted by Crippen LogP contribution is -2.18. The first-order valence-corrected chi connectivity index (χ1v) is 6.54. The summed E-state index contributed by atoms with van der Waals surface area (Å²) in [6.07, 6.45) is 5.11. The van der Waals surface area contributed by atoms with Gasteiger partial charge in [0.15, 0.2) is 11.6 Å². The number of methoxy groups -OCH3 is 2. The monoisotopic (exact) mass is 266 g/mol. The van der Waals surface area contributed by atoms with E-state index in [2.05, 4.69) is 20.6 Å². The summed E-state index contributed by atoms with van der Waals surface area (Å²) in [6.45, 7) is 1.71. The van der Waals surface area contributed by atoms with E-state index in [1.807, 2.05) is 7.05 Å². The van der Waals surface area contributed by atoms with Gasteiger partial charge in [0, 0.05) is 27.3 Å². The Morgan fingerprint density at radius 2 is 2.00 bits per heavy atom. The van der Waals surface area contributed by atoms with Crippen LogP contribution in [0, 0.1) is 5.41 Å². The molecule has 19 heavy (non-hydrogen) atoms. The minimum absolute atomic E-state index is 0.367. The molecule has 1 aromatic rings. The second-order valence-electron chi connectivity index (χ2n) is 4.95. The van der Waals surface area contributed by atoms with Gasteiger partial charge in [-0.1, -0.05) is 0 Å². The van der Waals surface area contributed by atoms with Crippen LogP contribution in [0.1, 0.15) is 19.3 Å². The third-order valence-electron chi connectivity index (χ3n) is 3.67. The lowest BCUT2D eigenvalue weighted by Gasteiger charge is -2.18. The van der Waals surface area contributed by atoms with E-state index in [1.165, 1.54) is 19.2 Å². The van der Waals surface area contributed by atoms with Crippen molar-refractivity contribution in [3.05, 3.63) is 6.33 Å². The number of aromatic nitrogens is 2. The van der Waals surface area contributed by atoms with E-state index >= 15 is 0 Å². The number of hydrogen-bond acceptors (Lipinski definition) is 6. The van der Waals surface area contributed by atoms with E-state index < -0.39 is 0 Å². The van der Waals surface area contributed by atoms with E-state index in [1.54, 1.807) is 14.2 Å². The first-order chi connectivity index (χ1) is 9.24. The Labute approximate surface area is 113 Å². The summed E-state index contributed by atoms with van der Waals surface area (Å²) in [5, 5.41) is 6.38. The Morgan fingerprint density at radius 1 is 1.26 bits per heavy atom. The summed E-state index contributed by atoms with van der Waals surface area (Å²) in [4.78, 5) is 8.38. The minimum Gasteiger partial charge on any atom is -0.490 e. The van der Waals surface area contributed by atoms with E-state index in [0.717, 1.165) is 25.4 Å². The second kappa shape index (κ2) is 6.06. The Kier molecular flexibility index (Phi) is 4.42. The zero-order valence-electron chi connectivity index (χ0n) is 11.8. The van der Waals surface area contributed by atoms with Gasteiger partial charge >= 0.3 is 0 Å². The van der Waals surface area contributed by atoms with Crippen LogP contribution in [-0.4, -0.2) is 44.4 Å². The molecule has 1 fully saturated rings. The molecular weight excluding hydrogens is 244 g/mol. The summed E-state index contributed by atoms with van der Waals surface area (Å²) < 4.78 is 10.5. The van der Waals surface area contributed by atoms with Crippen molar-refractivity contribution in [1.82, 2.24) is 9.97 Å². The molecule has 2 N–H and O–H groups in total. The lowest BCUT2D eigenvalue weighted by molar-refractivity contribution is 0.175. The predicted octanol–water partition coefficient (Wildman–Crippen LogP) is 1.76. The largest absolute Gasteiger partial charge is 0.490 e. The minimum atomic E-state index is 0.367. The van der Waals surface area contributed by atoms with Crippen LogP contribution in [0.2, 0.25) is 0 Å². The average molecular weight is 266 g/mol. The van der Waals surface area contributed by atoms with Crippen molar-refractivity contribution < 1.29 is 9.47 Å². The summed E-state index contributed by atoms with van der Waals surface area (Å²) in [7, 11) is 5.19. The molecule has 1 heterocycles. The van der Waals surface area contributed by atoms with Crippen molar-refractivity contribution in [1.29, 1.82) is 0 Å². The van der Waals surface area contributed by atoms with Gasteiger partial charge < -0.3 is 20.1 Å². The van der Waals surface area contributed by atoms with Crippen LogP contribution < -0.4 is 15.4 Å². The molecule has 0 saturated heterocycles. The fourth-order valence-corrected chi connectivity index (χ4v) is 2.15. The van der Waals surface area contributed by atoms with Crippen molar-refractivity contribution in [2.75, 3.05) is 45.1 Å². The average Bonchev–Trinajstić information content (AvgIpc) is 3.23. The Hall–Kier alpha value is -1.56. The quantitative estimate of drug-likeness (QED) is 0.747. The first-order valence-electron chi connectivity index (χ1n) is 6.54. The molecule has 0 amide bonds. The first kappa shape index (κ1) is 13.9. The van der Waals surface area contributed by atoms with Gasteiger partial charge in [0.1, 0.15) is 6.33 Å². The Bertz CT molecular complexity index is 421. The molecule has 0 spiro atoms. The topological polar surface area (TPSA) is 68.3 Å². The molecule has 0 aromatic carbocycles. The van der Waals surface area contributed by atoms with Crippen LogP contribution in [0.3, 0.4) is 0 Å². The van der Waals surface area contributed by atoms with Gasteiger partial charge in [0.05, 0.1) is 7.11 Å². The summed E-state index contributed by atoms with van der Waals surface area (Å²) >= 11 is 0. The van der Waals surface area contributed by atoms with Crippen LogP contribution >= 0.6 is 0 Å². The molecule has 1 aromatic heterocycles. The molecule has 0 bridgehead atoms. The van der Waals surface area contributed by atoms with Crippen LogP contribution in [0.4, 0.5) is 11.6 Å². The third-order valence-corrected chi connectivity index (χ3v) is 3.67. The second-order valence-corrected chi connectivity index (χ2v) is 4.95. The molecule has 1 aliphatic carbocycles. The predicted molar refractivity (Wildman–Crippen MR) is 74.8 cm³/mol. The van der Waals surface area contributed by atoms with Gasteiger partial charge in [0.2, 0.25) is 5.75 Å². The Balaban J connectivity index is 1.99. The van der Waals surface area contributed by atoms with Gasteiger partial charge in [-0.15, -0.1) is 0 Å². The fraction of sp³-hybridized carbons (Fsp3) is 0.692. The van der Waals surface area contributed by atoms with Crippen molar-refractivity contribution in [2.45, 2.75) is 19.3 Å². The SMILES string of the molecule is CNc1ncnc(NCC2(CCOC)CC2)c1OC. The highest BCUT2D eigenvalue weighted by atomic mass is 16.5. The van der Waals surface area contributed by atoms with Gasteiger partial charge in [-0.25, -0.2) is 9.97 Å². The molecule has 1 aliphatic rings. The summed E-state index contributed by atoms with van der Waals surface area (Å²) in [5.41, 5.74) is 0.367. The molecule has 6 heteroatoms. The van der Waals surface area contributed by atoms with Crippen molar-refractivity contribution in [3.63, 3.8) is 0 Å². The Morgan fingerprint density at radius 3 is 2.58 bits per heavy atom. The fourth-order valence-electron chi connectivity index (χ4n) is 2.15. The van der Waals surface area contributed by atoms with Crippen LogP contribution in [0.15, 0.2) is 6.33 Å². The number of nitrogens with zero attached hydrogens (tertiary/aromatic N) is 2. The van der Waals surface area contributed by atoms with Crippen molar-refractivity contribution in [3.8, 4) is 5.75 Å². The van der Waals surface area contributed by atoms with E-state index in [0.29, 0.717) is 17.0 Å². The van der Waals surface area contributed by atoms with Crippen LogP contribution in [0.25, 0.3) is 0 Å². The van der Waals surface area contributed by atoms with Crippen LogP contribution in [0.5, 0.6) is 5.75 Å². The number of rotatable bonds is 8. The standard InChI is InChI=1S/C13H22N4O2/c1-14-11-10(19-3)12(17-9-16-11)15-8-13(4-5-13)6-7-18-2/h9H,4-8H2,1-3H3,(H2,14,15,16,17). The number of nitrogens with one attached hydrogen (secondary N) is 2. The van der Waals surface area contributed by atoms with Gasteiger partial charge in [0.25, 0.3) is 0 Å². The highest BCUT2D eigenvalue weighted by Crippen LogP contribution is 2.49. The molecule has 1 saturated carbocycles. The smallest absolute Gasteiger partial charge is 0.204 e. The van der Waals surface area contributed by atoms with Gasteiger partial charge in [-0.3, -0.25) is 0 Å². The maximum atomic E-state index is 5.36. The number of hydrogen-bond donors (Lipinski definition) is 2. The summed E-state index contributed by atoms with van der Waals surface area (Å²) in [6, 6.07) is 0. The third kappa shape index (κ3) is 3.26. The molecule has 0 atom stereocenters. The number of ether oxygens (including phenoxy) is 2. The zero-order chi connectivity index (χ0) is 13.7. The van der Waals surface area contributed by atoms with E-state index in [-0.39, 0.29) is 0 Å². The maximum Gasteiger partial charge on any atom is 0.204 e. The number of anilines is 2. The van der Waals surface area contributed by atoms with E-state index in [9.17, 15) is 0 Å². The molecule has 0 unspecified atom stereocenters. The van der Waals surface area contributed by atoms with Crippen molar-refractivity contribution >= 4 is 11.6 Å². The molecule has 6 nitrogen and oxygen atoms in total. The lowest BCUT2D eigenvalue weighted by atomic mass is 10.0. The molecule has 0 radical (unpaired) electrons. The van der Waals surface area contributed by atoms with Crippen LogP contribution in [-0.2, 0) is 4.74 Å².